The van der Waals surface area contributed by atoms with Crippen LogP contribution in [-0.4, -0.2) is 42.2 Å². The van der Waals surface area contributed by atoms with Crippen LogP contribution in [0, 0.1) is 0 Å². The Morgan fingerprint density at radius 3 is 2.82 bits per heavy atom. The van der Waals surface area contributed by atoms with Gasteiger partial charge in [0.1, 0.15) is 11.1 Å². The van der Waals surface area contributed by atoms with Gasteiger partial charge in [-0.25, -0.2) is 0 Å². The number of rotatable bonds is 6. The number of hydrogen-bond acceptors (Lipinski definition) is 6. The molecule has 1 aromatic heterocycles. The summed E-state index contributed by atoms with van der Waals surface area (Å²) in [6.45, 7) is 4.82. The van der Waals surface area contributed by atoms with Crippen molar-refractivity contribution in [2.45, 2.75) is 44.9 Å². The van der Waals surface area contributed by atoms with Crippen LogP contribution in [0.5, 0.6) is 0 Å². The third-order valence-electron chi connectivity index (χ3n) is 2.98. The lowest BCUT2D eigenvalue weighted by molar-refractivity contribution is -0.118. The van der Waals surface area contributed by atoms with Gasteiger partial charge in [0, 0.05) is 13.7 Å². The average Bonchev–Trinajstić information content (AvgIpc) is 2.76. The standard InChI is InChI=1S/C11H19N3O2S/c1-4-9-13-14-11(17-9)12-7-6-8(16-5-2)10(7)15-3/h7-8,10H,4-6H2,1-3H3,(H,12,14). The molecular formula is C11H19N3O2S. The fourth-order valence-electron chi connectivity index (χ4n) is 2.03. The number of nitrogens with zero attached hydrogens (tertiary/aromatic N) is 2. The number of aryl methyl sites for hydroxylation is 1. The van der Waals surface area contributed by atoms with Gasteiger partial charge in [0.05, 0.1) is 12.1 Å². The van der Waals surface area contributed by atoms with Crippen molar-refractivity contribution in [1.29, 1.82) is 0 Å². The van der Waals surface area contributed by atoms with E-state index in [1.165, 1.54) is 0 Å². The smallest absolute Gasteiger partial charge is 0.205 e. The average molecular weight is 257 g/mol. The van der Waals surface area contributed by atoms with E-state index in [0.717, 1.165) is 29.6 Å². The summed E-state index contributed by atoms with van der Waals surface area (Å²) in [6.07, 6.45) is 2.22. The van der Waals surface area contributed by atoms with Crippen LogP contribution in [0.4, 0.5) is 5.13 Å². The highest BCUT2D eigenvalue weighted by Gasteiger charge is 2.42. The first-order chi connectivity index (χ1) is 8.28. The molecule has 1 saturated carbocycles. The van der Waals surface area contributed by atoms with Crippen LogP contribution in [-0.2, 0) is 15.9 Å². The Hall–Kier alpha value is -0.720. The first-order valence-electron chi connectivity index (χ1n) is 6.01. The Balaban J connectivity index is 1.87. The topological polar surface area (TPSA) is 56.3 Å². The summed E-state index contributed by atoms with van der Waals surface area (Å²) in [5.41, 5.74) is 0. The van der Waals surface area contributed by atoms with Crippen molar-refractivity contribution < 1.29 is 9.47 Å². The lowest BCUT2D eigenvalue weighted by Crippen LogP contribution is -2.56. The van der Waals surface area contributed by atoms with Gasteiger partial charge in [0.25, 0.3) is 0 Å². The van der Waals surface area contributed by atoms with Gasteiger partial charge in [-0.2, -0.15) is 0 Å². The third kappa shape index (κ3) is 2.75. The van der Waals surface area contributed by atoms with Gasteiger partial charge in [-0.1, -0.05) is 18.3 Å². The van der Waals surface area contributed by atoms with Crippen molar-refractivity contribution in [1.82, 2.24) is 10.2 Å². The number of nitrogens with one attached hydrogen (secondary N) is 1. The SMILES string of the molecule is CCOC1CC(Nc2nnc(CC)s2)C1OC. The number of anilines is 1. The molecule has 0 bridgehead atoms. The molecule has 0 spiro atoms. The van der Waals surface area contributed by atoms with E-state index >= 15 is 0 Å². The van der Waals surface area contributed by atoms with Gasteiger partial charge < -0.3 is 14.8 Å². The predicted molar refractivity (Wildman–Crippen MR) is 67.5 cm³/mol. The van der Waals surface area contributed by atoms with Crippen LogP contribution in [0.25, 0.3) is 0 Å². The molecule has 3 unspecified atom stereocenters. The van der Waals surface area contributed by atoms with Crippen LogP contribution < -0.4 is 5.32 Å². The Kier molecular flexibility index (Phi) is 4.31. The van der Waals surface area contributed by atoms with Crippen molar-refractivity contribution in [2.24, 2.45) is 0 Å². The zero-order valence-corrected chi connectivity index (χ0v) is 11.3. The normalized spacial score (nSPS) is 27.8. The van der Waals surface area contributed by atoms with Crippen molar-refractivity contribution in [3.8, 4) is 0 Å². The van der Waals surface area contributed by atoms with Crippen LogP contribution in [0.3, 0.4) is 0 Å². The molecule has 1 aromatic rings. The second-order valence-corrected chi connectivity index (χ2v) is 5.10. The molecule has 0 radical (unpaired) electrons. The molecule has 1 N–H and O–H groups in total. The van der Waals surface area contributed by atoms with Gasteiger partial charge in [-0.05, 0) is 19.8 Å². The van der Waals surface area contributed by atoms with Gasteiger partial charge >= 0.3 is 0 Å². The Morgan fingerprint density at radius 1 is 1.41 bits per heavy atom. The van der Waals surface area contributed by atoms with Crippen LogP contribution in [0.15, 0.2) is 0 Å². The van der Waals surface area contributed by atoms with E-state index in [4.69, 9.17) is 9.47 Å². The van der Waals surface area contributed by atoms with E-state index in [9.17, 15) is 0 Å². The predicted octanol–water partition coefficient (Wildman–Crippen LogP) is 1.70. The molecule has 17 heavy (non-hydrogen) atoms. The maximum atomic E-state index is 5.58. The quantitative estimate of drug-likeness (QED) is 0.840. The minimum Gasteiger partial charge on any atom is -0.377 e. The zero-order valence-electron chi connectivity index (χ0n) is 10.5. The molecule has 0 aliphatic heterocycles. The van der Waals surface area contributed by atoms with Crippen LogP contribution in [0.2, 0.25) is 0 Å². The minimum absolute atomic E-state index is 0.115. The van der Waals surface area contributed by atoms with E-state index < -0.39 is 0 Å². The summed E-state index contributed by atoms with van der Waals surface area (Å²) in [6, 6.07) is 0.286. The second-order valence-electron chi connectivity index (χ2n) is 4.04. The fourth-order valence-corrected chi connectivity index (χ4v) is 2.77. The zero-order chi connectivity index (χ0) is 12.3. The molecule has 1 aliphatic rings. The monoisotopic (exact) mass is 257 g/mol. The maximum Gasteiger partial charge on any atom is 0.205 e. The van der Waals surface area contributed by atoms with Gasteiger partial charge in [0.15, 0.2) is 0 Å². The molecule has 96 valence electrons. The van der Waals surface area contributed by atoms with Crippen LogP contribution in [0.1, 0.15) is 25.3 Å². The molecule has 0 aromatic carbocycles. The summed E-state index contributed by atoms with van der Waals surface area (Å²) in [5, 5.41) is 13.5. The van der Waals surface area contributed by atoms with Gasteiger partial charge in [-0.15, -0.1) is 10.2 Å². The largest absolute Gasteiger partial charge is 0.377 e. The molecular weight excluding hydrogens is 238 g/mol. The number of ether oxygens (including phenoxy) is 2. The van der Waals surface area contributed by atoms with E-state index in [2.05, 4.69) is 22.4 Å². The molecule has 0 saturated heterocycles. The maximum absolute atomic E-state index is 5.58. The Bertz CT molecular complexity index is 358. The highest BCUT2D eigenvalue weighted by Crippen LogP contribution is 2.30. The lowest BCUT2D eigenvalue weighted by Gasteiger charge is -2.43. The molecule has 0 amide bonds. The Labute approximate surface area is 106 Å². The molecule has 6 heteroatoms. The van der Waals surface area contributed by atoms with E-state index in [1.54, 1.807) is 18.4 Å². The van der Waals surface area contributed by atoms with E-state index in [0.29, 0.717) is 0 Å². The molecule has 1 fully saturated rings. The molecule has 1 heterocycles. The number of hydrogen-bond donors (Lipinski definition) is 1. The summed E-state index contributed by atoms with van der Waals surface area (Å²) < 4.78 is 11.0. The molecule has 1 aliphatic carbocycles. The van der Waals surface area contributed by atoms with Crippen molar-refractivity contribution in [3.05, 3.63) is 5.01 Å². The van der Waals surface area contributed by atoms with Gasteiger partial charge in [-0.3, -0.25) is 0 Å². The van der Waals surface area contributed by atoms with Crippen molar-refractivity contribution >= 4 is 16.5 Å². The van der Waals surface area contributed by atoms with E-state index in [-0.39, 0.29) is 18.2 Å². The van der Waals surface area contributed by atoms with Crippen molar-refractivity contribution in [2.75, 3.05) is 19.0 Å². The van der Waals surface area contributed by atoms with Gasteiger partial charge in [0.2, 0.25) is 5.13 Å². The minimum atomic E-state index is 0.115. The summed E-state index contributed by atoms with van der Waals surface area (Å²) in [4.78, 5) is 0. The second kappa shape index (κ2) is 5.75. The first-order valence-corrected chi connectivity index (χ1v) is 6.83. The number of aromatic nitrogens is 2. The Morgan fingerprint density at radius 2 is 2.24 bits per heavy atom. The molecule has 2 rings (SSSR count). The third-order valence-corrected chi connectivity index (χ3v) is 3.98. The number of methoxy groups -OCH3 is 1. The molecule has 3 atom stereocenters. The highest BCUT2D eigenvalue weighted by atomic mass is 32.1. The fraction of sp³-hybridized carbons (Fsp3) is 0.818. The van der Waals surface area contributed by atoms with E-state index in [1.807, 2.05) is 6.92 Å². The summed E-state index contributed by atoms with van der Waals surface area (Å²) >= 11 is 1.61. The summed E-state index contributed by atoms with van der Waals surface area (Å²) in [7, 11) is 1.72. The molecule has 5 nitrogen and oxygen atoms in total. The van der Waals surface area contributed by atoms with Crippen molar-refractivity contribution in [3.63, 3.8) is 0 Å². The summed E-state index contributed by atoms with van der Waals surface area (Å²) in [5.74, 6) is 0. The highest BCUT2D eigenvalue weighted by molar-refractivity contribution is 7.15. The first kappa shape index (κ1) is 12.7. The lowest BCUT2D eigenvalue weighted by atomic mass is 9.85. The van der Waals surface area contributed by atoms with Crippen LogP contribution >= 0.6 is 11.3 Å².